The van der Waals surface area contributed by atoms with Crippen LogP contribution in [0.15, 0.2) is 58.2 Å². The van der Waals surface area contributed by atoms with Gasteiger partial charge in [0.25, 0.3) is 0 Å². The molecule has 0 N–H and O–H groups in total. The summed E-state index contributed by atoms with van der Waals surface area (Å²) in [6.07, 6.45) is 0. The number of hydrogen-bond acceptors (Lipinski definition) is 5. The van der Waals surface area contributed by atoms with Gasteiger partial charge in [-0.3, -0.25) is 9.36 Å². The molecular weight excluding hydrogens is 450 g/mol. The van der Waals surface area contributed by atoms with Gasteiger partial charge in [0.2, 0.25) is 0 Å². The molecule has 0 saturated carbocycles. The highest BCUT2D eigenvalue weighted by Gasteiger charge is 2.23. The van der Waals surface area contributed by atoms with Gasteiger partial charge in [-0.25, -0.2) is 0 Å². The standard InChI is InChI=1S/C22H24BrN3O2S/c1-5-28-18-12-10-17(11-13-18)26-20(15-6-8-16(23)9-7-15)24-25-21(26)29-14-19(27)22(2,3)4/h6-13H,5,14H2,1-4H3. The number of hydrogen-bond donors (Lipinski definition) is 0. The van der Waals surface area contributed by atoms with Crippen LogP contribution in [0.1, 0.15) is 27.7 Å². The quantitative estimate of drug-likeness (QED) is 0.405. The van der Waals surface area contributed by atoms with E-state index in [4.69, 9.17) is 4.74 Å². The van der Waals surface area contributed by atoms with Crippen LogP contribution >= 0.6 is 27.7 Å². The van der Waals surface area contributed by atoms with Crippen LogP contribution in [0.3, 0.4) is 0 Å². The van der Waals surface area contributed by atoms with Crippen molar-refractivity contribution in [1.29, 1.82) is 0 Å². The molecule has 0 saturated heterocycles. The van der Waals surface area contributed by atoms with E-state index in [1.54, 1.807) is 0 Å². The lowest BCUT2D eigenvalue weighted by Crippen LogP contribution is -2.22. The second-order valence-electron chi connectivity index (χ2n) is 7.54. The van der Waals surface area contributed by atoms with Crippen molar-refractivity contribution in [3.8, 4) is 22.8 Å². The number of benzene rings is 2. The maximum atomic E-state index is 12.4. The van der Waals surface area contributed by atoms with Crippen LogP contribution in [0.25, 0.3) is 17.1 Å². The topological polar surface area (TPSA) is 57.0 Å². The fraction of sp³-hybridized carbons (Fsp3) is 0.318. The molecule has 0 spiro atoms. The summed E-state index contributed by atoms with van der Waals surface area (Å²) in [6, 6.07) is 15.8. The molecule has 3 aromatic rings. The molecule has 0 aliphatic heterocycles. The molecule has 2 aromatic carbocycles. The van der Waals surface area contributed by atoms with Crippen molar-refractivity contribution in [3.63, 3.8) is 0 Å². The number of thioether (sulfide) groups is 1. The van der Waals surface area contributed by atoms with E-state index in [0.29, 0.717) is 17.5 Å². The predicted molar refractivity (Wildman–Crippen MR) is 121 cm³/mol. The van der Waals surface area contributed by atoms with E-state index in [-0.39, 0.29) is 11.2 Å². The highest BCUT2D eigenvalue weighted by atomic mass is 79.9. The van der Waals surface area contributed by atoms with Gasteiger partial charge in [-0.2, -0.15) is 0 Å². The molecule has 0 amide bonds. The zero-order valence-electron chi connectivity index (χ0n) is 17.0. The Kier molecular flexibility index (Phi) is 6.80. The Morgan fingerprint density at radius 3 is 2.31 bits per heavy atom. The van der Waals surface area contributed by atoms with Gasteiger partial charge in [0.15, 0.2) is 11.0 Å². The highest BCUT2D eigenvalue weighted by Crippen LogP contribution is 2.30. The second kappa shape index (κ2) is 9.13. The number of Topliss-reactive ketones (excluding diaryl/α,β-unsaturated/α-hetero) is 1. The Morgan fingerprint density at radius 1 is 1.07 bits per heavy atom. The molecule has 0 aliphatic carbocycles. The molecule has 0 atom stereocenters. The molecule has 0 bridgehead atoms. The van der Waals surface area contributed by atoms with Gasteiger partial charge in [0, 0.05) is 21.1 Å². The zero-order chi connectivity index (χ0) is 21.0. The molecule has 1 aromatic heterocycles. The van der Waals surface area contributed by atoms with Crippen LogP contribution < -0.4 is 4.74 Å². The highest BCUT2D eigenvalue weighted by molar-refractivity contribution is 9.10. The minimum absolute atomic E-state index is 0.175. The number of nitrogens with zero attached hydrogens (tertiary/aromatic N) is 3. The van der Waals surface area contributed by atoms with Crippen LogP contribution in [0.4, 0.5) is 0 Å². The summed E-state index contributed by atoms with van der Waals surface area (Å²) in [5.41, 5.74) is 1.48. The Morgan fingerprint density at radius 2 is 1.72 bits per heavy atom. The Labute approximate surface area is 184 Å². The van der Waals surface area contributed by atoms with Gasteiger partial charge >= 0.3 is 0 Å². The number of carbonyl (C=O) groups is 1. The molecule has 5 nitrogen and oxygen atoms in total. The fourth-order valence-electron chi connectivity index (χ4n) is 2.59. The van der Waals surface area contributed by atoms with E-state index in [0.717, 1.165) is 27.3 Å². The summed E-state index contributed by atoms with van der Waals surface area (Å²) in [5.74, 6) is 2.06. The van der Waals surface area contributed by atoms with Crippen LogP contribution in [-0.4, -0.2) is 32.9 Å². The van der Waals surface area contributed by atoms with Gasteiger partial charge in [-0.15, -0.1) is 10.2 Å². The van der Waals surface area contributed by atoms with Crippen LogP contribution in [0.2, 0.25) is 0 Å². The molecule has 3 rings (SSSR count). The normalized spacial score (nSPS) is 11.5. The third-order valence-corrected chi connectivity index (χ3v) is 5.77. The molecule has 1 heterocycles. The van der Waals surface area contributed by atoms with E-state index in [2.05, 4.69) is 26.1 Å². The van der Waals surface area contributed by atoms with Crippen molar-refractivity contribution in [3.05, 3.63) is 53.0 Å². The van der Waals surface area contributed by atoms with Crippen LogP contribution in [-0.2, 0) is 4.79 Å². The number of aromatic nitrogens is 3. The molecule has 0 aliphatic rings. The van der Waals surface area contributed by atoms with Gasteiger partial charge < -0.3 is 4.74 Å². The monoisotopic (exact) mass is 473 g/mol. The SMILES string of the molecule is CCOc1ccc(-n2c(SCC(=O)C(C)(C)C)nnc2-c2ccc(Br)cc2)cc1. The maximum Gasteiger partial charge on any atom is 0.196 e. The first-order chi connectivity index (χ1) is 13.8. The lowest BCUT2D eigenvalue weighted by Gasteiger charge is -2.16. The Balaban J connectivity index is 2.00. The van der Waals surface area contributed by atoms with Crippen molar-refractivity contribution in [1.82, 2.24) is 14.8 Å². The summed E-state index contributed by atoms with van der Waals surface area (Å²) in [7, 11) is 0. The molecule has 152 valence electrons. The maximum absolute atomic E-state index is 12.4. The summed E-state index contributed by atoms with van der Waals surface area (Å²) in [4.78, 5) is 12.4. The van der Waals surface area contributed by atoms with Gasteiger partial charge in [0.05, 0.1) is 12.4 Å². The lowest BCUT2D eigenvalue weighted by atomic mass is 9.92. The van der Waals surface area contributed by atoms with Gasteiger partial charge in [-0.1, -0.05) is 60.6 Å². The Hall–Kier alpha value is -2.12. The average molecular weight is 474 g/mol. The van der Waals surface area contributed by atoms with Crippen molar-refractivity contribution < 1.29 is 9.53 Å². The van der Waals surface area contributed by atoms with E-state index in [9.17, 15) is 4.79 Å². The van der Waals surface area contributed by atoms with Crippen LogP contribution in [0, 0.1) is 5.41 Å². The first-order valence-electron chi connectivity index (χ1n) is 9.40. The molecule has 0 unspecified atom stereocenters. The number of rotatable bonds is 7. The minimum atomic E-state index is -0.383. The lowest BCUT2D eigenvalue weighted by molar-refractivity contribution is -0.123. The first-order valence-corrected chi connectivity index (χ1v) is 11.2. The summed E-state index contributed by atoms with van der Waals surface area (Å²) >= 11 is 4.88. The van der Waals surface area contributed by atoms with E-state index >= 15 is 0 Å². The average Bonchev–Trinajstić information content (AvgIpc) is 3.10. The number of ether oxygens (including phenoxy) is 1. The molecular formula is C22H24BrN3O2S. The fourth-order valence-corrected chi connectivity index (χ4v) is 3.96. The molecule has 7 heteroatoms. The summed E-state index contributed by atoms with van der Waals surface area (Å²) in [5, 5.41) is 9.50. The van der Waals surface area contributed by atoms with Crippen molar-refractivity contribution >= 4 is 33.5 Å². The van der Waals surface area contributed by atoms with Crippen molar-refractivity contribution in [2.75, 3.05) is 12.4 Å². The van der Waals surface area contributed by atoms with Crippen molar-refractivity contribution in [2.45, 2.75) is 32.9 Å². The van der Waals surface area contributed by atoms with Gasteiger partial charge in [0.1, 0.15) is 11.5 Å². The van der Waals surface area contributed by atoms with Crippen LogP contribution in [0.5, 0.6) is 5.75 Å². The largest absolute Gasteiger partial charge is 0.494 e. The molecule has 0 radical (unpaired) electrons. The number of halogens is 1. The number of ketones is 1. The smallest absolute Gasteiger partial charge is 0.196 e. The third kappa shape index (κ3) is 5.28. The molecule has 29 heavy (non-hydrogen) atoms. The summed E-state index contributed by atoms with van der Waals surface area (Å²) < 4.78 is 8.54. The van der Waals surface area contributed by atoms with Gasteiger partial charge in [-0.05, 0) is 43.3 Å². The van der Waals surface area contributed by atoms with E-state index < -0.39 is 0 Å². The minimum Gasteiger partial charge on any atom is -0.494 e. The predicted octanol–water partition coefficient (Wildman–Crippen LogP) is 5.80. The number of carbonyl (C=O) groups excluding carboxylic acids is 1. The zero-order valence-corrected chi connectivity index (χ0v) is 19.4. The van der Waals surface area contributed by atoms with E-state index in [1.165, 1.54) is 11.8 Å². The van der Waals surface area contributed by atoms with Crippen molar-refractivity contribution in [2.24, 2.45) is 5.41 Å². The second-order valence-corrected chi connectivity index (χ2v) is 9.40. The molecule has 0 fully saturated rings. The first kappa shape index (κ1) is 21.6. The third-order valence-electron chi connectivity index (χ3n) is 4.31. The summed E-state index contributed by atoms with van der Waals surface area (Å²) in [6.45, 7) is 8.37. The van der Waals surface area contributed by atoms with E-state index in [1.807, 2.05) is 80.8 Å². The Bertz CT molecular complexity index is 977.